The van der Waals surface area contributed by atoms with E-state index in [-0.39, 0.29) is 0 Å². The summed E-state index contributed by atoms with van der Waals surface area (Å²) in [6.45, 7) is 6.42. The summed E-state index contributed by atoms with van der Waals surface area (Å²) in [7, 11) is 0. The number of rotatable bonds is 2. The molecule has 0 saturated carbocycles. The lowest BCUT2D eigenvalue weighted by Gasteiger charge is -2.26. The third-order valence-corrected chi connectivity index (χ3v) is 3.30. The average molecular weight is 204 g/mol. The van der Waals surface area contributed by atoms with Crippen LogP contribution in [0.5, 0.6) is 0 Å². The molecule has 1 aromatic rings. The van der Waals surface area contributed by atoms with Crippen LogP contribution in [0.1, 0.15) is 25.8 Å². The molecule has 0 aliphatic carbocycles. The maximum absolute atomic E-state index is 5.77. The van der Waals surface area contributed by atoms with E-state index >= 15 is 0 Å². The van der Waals surface area contributed by atoms with Crippen LogP contribution in [0.4, 0.5) is 5.69 Å². The van der Waals surface area contributed by atoms with Gasteiger partial charge in [0.15, 0.2) is 0 Å². The summed E-state index contributed by atoms with van der Waals surface area (Å²) in [6.07, 6.45) is 1.29. The summed E-state index contributed by atoms with van der Waals surface area (Å²) in [4.78, 5) is 2.49. The Kier molecular flexibility index (Phi) is 2.96. The van der Waals surface area contributed by atoms with Gasteiger partial charge < -0.3 is 10.6 Å². The minimum Gasteiger partial charge on any atom is -0.368 e. The van der Waals surface area contributed by atoms with Crippen LogP contribution in [0.15, 0.2) is 24.3 Å². The third-order valence-electron chi connectivity index (χ3n) is 3.30. The molecule has 15 heavy (non-hydrogen) atoms. The molecule has 0 spiro atoms. The SMILES string of the molecule is CC1CC(C)N(c2ccccc2CN)C1. The van der Waals surface area contributed by atoms with Crippen molar-refractivity contribution in [2.45, 2.75) is 32.9 Å². The lowest BCUT2D eigenvalue weighted by atomic mass is 10.1. The van der Waals surface area contributed by atoms with E-state index in [1.807, 2.05) is 0 Å². The molecule has 82 valence electrons. The van der Waals surface area contributed by atoms with Crippen molar-refractivity contribution in [3.05, 3.63) is 29.8 Å². The van der Waals surface area contributed by atoms with Gasteiger partial charge >= 0.3 is 0 Å². The number of nitrogens with zero attached hydrogens (tertiary/aromatic N) is 1. The Labute approximate surface area is 92.1 Å². The van der Waals surface area contributed by atoms with Gasteiger partial charge in [-0.1, -0.05) is 25.1 Å². The molecule has 1 aromatic carbocycles. The highest BCUT2D eigenvalue weighted by atomic mass is 15.2. The highest BCUT2D eigenvalue weighted by Crippen LogP contribution is 2.30. The van der Waals surface area contributed by atoms with Crippen LogP contribution in [-0.2, 0) is 6.54 Å². The fourth-order valence-electron chi connectivity index (χ4n) is 2.60. The summed E-state index contributed by atoms with van der Waals surface area (Å²) < 4.78 is 0. The maximum atomic E-state index is 5.77. The van der Waals surface area contributed by atoms with Gasteiger partial charge in [0.1, 0.15) is 0 Å². The second-order valence-corrected chi connectivity index (χ2v) is 4.68. The highest BCUT2D eigenvalue weighted by Gasteiger charge is 2.27. The van der Waals surface area contributed by atoms with E-state index in [0.29, 0.717) is 12.6 Å². The Balaban J connectivity index is 2.29. The van der Waals surface area contributed by atoms with Crippen LogP contribution in [0, 0.1) is 5.92 Å². The summed E-state index contributed by atoms with van der Waals surface area (Å²) in [5, 5.41) is 0. The fraction of sp³-hybridized carbons (Fsp3) is 0.538. The molecule has 2 N–H and O–H groups in total. The Hall–Kier alpha value is -1.02. The van der Waals surface area contributed by atoms with E-state index in [0.717, 1.165) is 12.5 Å². The molecule has 1 aliphatic heterocycles. The average Bonchev–Trinajstić information content (AvgIpc) is 2.57. The van der Waals surface area contributed by atoms with Gasteiger partial charge in [-0.05, 0) is 30.9 Å². The first kappa shape index (κ1) is 10.5. The molecule has 2 rings (SSSR count). The van der Waals surface area contributed by atoms with Crippen molar-refractivity contribution in [1.82, 2.24) is 0 Å². The Morgan fingerprint density at radius 2 is 2.07 bits per heavy atom. The second-order valence-electron chi connectivity index (χ2n) is 4.68. The van der Waals surface area contributed by atoms with Crippen LogP contribution in [-0.4, -0.2) is 12.6 Å². The number of hydrogen-bond acceptors (Lipinski definition) is 2. The monoisotopic (exact) mass is 204 g/mol. The lowest BCUT2D eigenvalue weighted by molar-refractivity contribution is 0.625. The first-order chi connectivity index (χ1) is 7.22. The van der Waals surface area contributed by atoms with E-state index in [9.17, 15) is 0 Å². The van der Waals surface area contributed by atoms with Crippen molar-refractivity contribution in [1.29, 1.82) is 0 Å². The quantitative estimate of drug-likeness (QED) is 0.801. The molecule has 1 aliphatic rings. The van der Waals surface area contributed by atoms with Gasteiger partial charge in [-0.2, -0.15) is 0 Å². The van der Waals surface area contributed by atoms with E-state index in [2.05, 4.69) is 43.0 Å². The van der Waals surface area contributed by atoms with Gasteiger partial charge in [0.2, 0.25) is 0 Å². The molecule has 0 bridgehead atoms. The molecule has 2 atom stereocenters. The van der Waals surface area contributed by atoms with Crippen LogP contribution in [0.2, 0.25) is 0 Å². The molecular weight excluding hydrogens is 184 g/mol. The molecule has 0 amide bonds. The number of nitrogens with two attached hydrogens (primary N) is 1. The van der Waals surface area contributed by atoms with Gasteiger partial charge in [-0.3, -0.25) is 0 Å². The van der Waals surface area contributed by atoms with Gasteiger partial charge in [-0.25, -0.2) is 0 Å². The van der Waals surface area contributed by atoms with Crippen LogP contribution in [0.3, 0.4) is 0 Å². The number of hydrogen-bond donors (Lipinski definition) is 1. The summed E-state index contributed by atoms with van der Waals surface area (Å²) in [5.74, 6) is 0.797. The van der Waals surface area contributed by atoms with Gasteiger partial charge in [0, 0.05) is 24.8 Å². The number of benzene rings is 1. The molecule has 2 heteroatoms. The Bertz CT molecular complexity index is 335. The van der Waals surface area contributed by atoms with Crippen molar-refractivity contribution < 1.29 is 0 Å². The molecule has 0 radical (unpaired) electrons. The largest absolute Gasteiger partial charge is 0.368 e. The van der Waals surface area contributed by atoms with E-state index in [1.165, 1.54) is 17.7 Å². The van der Waals surface area contributed by atoms with Gasteiger partial charge in [-0.15, -0.1) is 0 Å². The number of anilines is 1. The highest BCUT2D eigenvalue weighted by molar-refractivity contribution is 5.55. The van der Waals surface area contributed by atoms with Crippen LogP contribution < -0.4 is 10.6 Å². The van der Waals surface area contributed by atoms with Crippen LogP contribution >= 0.6 is 0 Å². The minimum atomic E-state index is 0.633. The van der Waals surface area contributed by atoms with Crippen molar-refractivity contribution in [3.63, 3.8) is 0 Å². The zero-order valence-corrected chi connectivity index (χ0v) is 9.61. The summed E-state index contributed by atoms with van der Waals surface area (Å²) in [5.41, 5.74) is 8.36. The first-order valence-corrected chi connectivity index (χ1v) is 5.77. The molecule has 1 saturated heterocycles. The van der Waals surface area contributed by atoms with Gasteiger partial charge in [0.05, 0.1) is 0 Å². The van der Waals surface area contributed by atoms with Gasteiger partial charge in [0.25, 0.3) is 0 Å². The van der Waals surface area contributed by atoms with E-state index in [4.69, 9.17) is 5.73 Å². The maximum Gasteiger partial charge on any atom is 0.0414 e. The van der Waals surface area contributed by atoms with E-state index in [1.54, 1.807) is 0 Å². The lowest BCUT2D eigenvalue weighted by Crippen LogP contribution is -2.28. The van der Waals surface area contributed by atoms with Crippen molar-refractivity contribution >= 4 is 5.69 Å². The predicted molar refractivity (Wildman–Crippen MR) is 64.9 cm³/mol. The predicted octanol–water partition coefficient (Wildman–Crippen LogP) is 2.38. The molecule has 1 fully saturated rings. The minimum absolute atomic E-state index is 0.633. The van der Waals surface area contributed by atoms with Crippen molar-refractivity contribution in [2.75, 3.05) is 11.4 Å². The summed E-state index contributed by atoms with van der Waals surface area (Å²) >= 11 is 0. The summed E-state index contributed by atoms with van der Waals surface area (Å²) in [6, 6.07) is 9.13. The Morgan fingerprint density at radius 1 is 1.33 bits per heavy atom. The molecule has 2 nitrogen and oxygen atoms in total. The second kappa shape index (κ2) is 4.23. The third kappa shape index (κ3) is 2.00. The topological polar surface area (TPSA) is 29.3 Å². The van der Waals surface area contributed by atoms with Crippen molar-refractivity contribution in [3.8, 4) is 0 Å². The van der Waals surface area contributed by atoms with E-state index < -0.39 is 0 Å². The molecule has 0 aromatic heterocycles. The van der Waals surface area contributed by atoms with Crippen LogP contribution in [0.25, 0.3) is 0 Å². The Morgan fingerprint density at radius 3 is 2.67 bits per heavy atom. The normalized spacial score (nSPS) is 25.9. The molecule has 1 heterocycles. The standard InChI is InChI=1S/C13H20N2/c1-10-7-11(2)15(9-10)13-6-4-3-5-12(13)8-14/h3-6,10-11H,7-9,14H2,1-2H3. The molecule has 2 unspecified atom stereocenters. The molecular formula is C13H20N2. The fourth-order valence-corrected chi connectivity index (χ4v) is 2.60. The first-order valence-electron chi connectivity index (χ1n) is 5.77. The zero-order chi connectivity index (χ0) is 10.8. The smallest absolute Gasteiger partial charge is 0.0414 e. The number of para-hydroxylation sites is 1. The zero-order valence-electron chi connectivity index (χ0n) is 9.61. The van der Waals surface area contributed by atoms with Crippen molar-refractivity contribution in [2.24, 2.45) is 11.7 Å².